The summed E-state index contributed by atoms with van der Waals surface area (Å²) in [4.78, 5) is 12.7. The van der Waals surface area contributed by atoms with E-state index in [9.17, 15) is 4.79 Å². The highest BCUT2D eigenvalue weighted by atomic mass is 79.9. The number of benzene rings is 2. The molecule has 1 amide bonds. The Hall–Kier alpha value is -2.11. The van der Waals surface area contributed by atoms with Gasteiger partial charge in [0.1, 0.15) is 0 Å². The molecule has 128 valence electrons. The molecule has 0 aliphatic heterocycles. The van der Waals surface area contributed by atoms with Gasteiger partial charge in [-0.3, -0.25) is 4.79 Å². The first-order valence-electron chi connectivity index (χ1n) is 7.90. The summed E-state index contributed by atoms with van der Waals surface area (Å²) in [5.74, 6) is -0.185. The minimum atomic E-state index is -0.185. The number of anilines is 1. The fraction of sp³-hybridized carbons (Fsp3) is 0.158. The highest BCUT2D eigenvalue weighted by molar-refractivity contribution is 9.10. The number of aryl methyl sites for hydroxylation is 1. The molecule has 4 nitrogen and oxygen atoms in total. The molecular weight excluding hydrogens is 402 g/mol. The topological polar surface area (TPSA) is 46.9 Å². The van der Waals surface area contributed by atoms with Gasteiger partial charge in [-0.05, 0) is 65.2 Å². The van der Waals surface area contributed by atoms with E-state index in [1.165, 1.54) is 0 Å². The lowest BCUT2D eigenvalue weighted by atomic mass is 10.1. The van der Waals surface area contributed by atoms with Gasteiger partial charge in [0.2, 0.25) is 0 Å². The van der Waals surface area contributed by atoms with Crippen molar-refractivity contribution >= 4 is 39.1 Å². The van der Waals surface area contributed by atoms with Crippen molar-refractivity contribution in [2.24, 2.45) is 0 Å². The highest BCUT2D eigenvalue weighted by Gasteiger charge is 2.18. The van der Waals surface area contributed by atoms with E-state index in [2.05, 4.69) is 26.3 Å². The van der Waals surface area contributed by atoms with Gasteiger partial charge in [0.25, 0.3) is 5.91 Å². The first-order chi connectivity index (χ1) is 12.0. The summed E-state index contributed by atoms with van der Waals surface area (Å²) in [6, 6.07) is 13.2. The zero-order valence-electron chi connectivity index (χ0n) is 13.9. The summed E-state index contributed by atoms with van der Waals surface area (Å²) in [5.41, 5.74) is 4.07. The molecule has 0 saturated heterocycles. The van der Waals surface area contributed by atoms with Crippen LogP contribution in [0.3, 0.4) is 0 Å². The Balaban J connectivity index is 1.93. The van der Waals surface area contributed by atoms with E-state index in [4.69, 9.17) is 11.6 Å². The van der Waals surface area contributed by atoms with E-state index in [0.29, 0.717) is 17.0 Å². The Kier molecular flexibility index (Phi) is 5.25. The normalized spacial score (nSPS) is 10.7. The first-order valence-corrected chi connectivity index (χ1v) is 9.07. The number of carbonyl (C=O) groups excluding carboxylic acids is 1. The molecule has 0 atom stereocenters. The SMILES string of the molecule is CCc1c(C(=O)Nc2ccc(C)cc2Br)cnn1-c1cccc(Cl)c1. The lowest BCUT2D eigenvalue weighted by molar-refractivity contribution is 0.102. The van der Waals surface area contributed by atoms with E-state index in [1.54, 1.807) is 10.9 Å². The number of hydrogen-bond donors (Lipinski definition) is 1. The third-order valence-electron chi connectivity index (χ3n) is 3.87. The average molecular weight is 419 g/mol. The van der Waals surface area contributed by atoms with E-state index >= 15 is 0 Å². The number of aromatic nitrogens is 2. The van der Waals surface area contributed by atoms with Gasteiger partial charge in [0.05, 0.1) is 28.8 Å². The summed E-state index contributed by atoms with van der Waals surface area (Å²) in [7, 11) is 0. The quantitative estimate of drug-likeness (QED) is 0.615. The van der Waals surface area contributed by atoms with E-state index < -0.39 is 0 Å². The summed E-state index contributed by atoms with van der Waals surface area (Å²) >= 11 is 9.55. The van der Waals surface area contributed by atoms with Gasteiger partial charge in [-0.1, -0.05) is 30.7 Å². The van der Waals surface area contributed by atoms with Crippen LogP contribution < -0.4 is 5.32 Å². The van der Waals surface area contributed by atoms with E-state index in [-0.39, 0.29) is 5.91 Å². The van der Waals surface area contributed by atoms with Crippen molar-refractivity contribution in [2.45, 2.75) is 20.3 Å². The van der Waals surface area contributed by atoms with Crippen molar-refractivity contribution < 1.29 is 4.79 Å². The molecule has 0 unspecified atom stereocenters. The molecule has 0 radical (unpaired) electrons. The fourth-order valence-corrected chi connectivity index (χ4v) is 3.42. The Morgan fingerprint density at radius 3 is 2.76 bits per heavy atom. The predicted molar refractivity (Wildman–Crippen MR) is 105 cm³/mol. The Morgan fingerprint density at radius 2 is 2.08 bits per heavy atom. The number of carbonyl (C=O) groups is 1. The summed E-state index contributed by atoms with van der Waals surface area (Å²) in [6.45, 7) is 4.00. The van der Waals surface area contributed by atoms with Crippen LogP contribution in [0.15, 0.2) is 53.1 Å². The highest BCUT2D eigenvalue weighted by Crippen LogP contribution is 2.25. The molecular formula is C19H17BrClN3O. The Morgan fingerprint density at radius 1 is 1.28 bits per heavy atom. The molecule has 25 heavy (non-hydrogen) atoms. The first kappa shape index (κ1) is 17.7. The van der Waals surface area contributed by atoms with Crippen molar-refractivity contribution in [2.75, 3.05) is 5.32 Å². The zero-order valence-corrected chi connectivity index (χ0v) is 16.2. The maximum Gasteiger partial charge on any atom is 0.259 e. The molecule has 0 aliphatic rings. The number of nitrogens with zero attached hydrogens (tertiary/aromatic N) is 2. The number of rotatable bonds is 4. The standard InChI is InChI=1S/C19H17BrClN3O/c1-3-18-15(11-22-24(18)14-6-4-5-13(21)10-14)19(25)23-17-8-7-12(2)9-16(17)20/h4-11H,3H2,1-2H3,(H,23,25). The van der Waals surface area contributed by atoms with Crippen LogP contribution in [0.25, 0.3) is 5.69 Å². The molecule has 1 heterocycles. The van der Waals surface area contributed by atoms with Crippen LogP contribution in [0.5, 0.6) is 0 Å². The second kappa shape index (κ2) is 7.42. The third kappa shape index (κ3) is 3.78. The average Bonchev–Trinajstić information content (AvgIpc) is 3.01. The second-order valence-corrected chi connectivity index (χ2v) is 6.98. The van der Waals surface area contributed by atoms with Gasteiger partial charge in [0, 0.05) is 9.50 Å². The number of amides is 1. The van der Waals surface area contributed by atoms with Gasteiger partial charge in [-0.25, -0.2) is 4.68 Å². The molecule has 3 rings (SSSR count). The van der Waals surface area contributed by atoms with E-state index in [1.807, 2.05) is 56.3 Å². The Labute approximate surface area is 159 Å². The van der Waals surface area contributed by atoms with Gasteiger partial charge in [0.15, 0.2) is 0 Å². The van der Waals surface area contributed by atoms with Crippen molar-refractivity contribution in [3.8, 4) is 5.69 Å². The zero-order chi connectivity index (χ0) is 18.0. The van der Waals surface area contributed by atoms with Crippen molar-refractivity contribution in [3.05, 3.63) is 75.0 Å². The molecule has 6 heteroatoms. The number of halogens is 2. The molecule has 0 bridgehead atoms. The largest absolute Gasteiger partial charge is 0.321 e. The maximum absolute atomic E-state index is 12.7. The van der Waals surface area contributed by atoms with Gasteiger partial charge in [-0.2, -0.15) is 5.10 Å². The van der Waals surface area contributed by atoms with Gasteiger partial charge < -0.3 is 5.32 Å². The van der Waals surface area contributed by atoms with Crippen LogP contribution in [0.4, 0.5) is 5.69 Å². The minimum Gasteiger partial charge on any atom is -0.321 e. The number of hydrogen-bond acceptors (Lipinski definition) is 2. The van der Waals surface area contributed by atoms with Crippen LogP contribution in [0.2, 0.25) is 5.02 Å². The summed E-state index contributed by atoms with van der Waals surface area (Å²) in [5, 5.41) is 7.95. The Bertz CT molecular complexity index is 936. The predicted octanol–water partition coefficient (Wildman–Crippen LogP) is 5.41. The third-order valence-corrected chi connectivity index (χ3v) is 4.77. The van der Waals surface area contributed by atoms with Crippen LogP contribution in [0.1, 0.15) is 28.5 Å². The van der Waals surface area contributed by atoms with Crippen LogP contribution >= 0.6 is 27.5 Å². The summed E-state index contributed by atoms with van der Waals surface area (Å²) < 4.78 is 2.60. The fourth-order valence-electron chi connectivity index (χ4n) is 2.65. The van der Waals surface area contributed by atoms with E-state index in [0.717, 1.165) is 27.1 Å². The van der Waals surface area contributed by atoms with Gasteiger partial charge in [-0.15, -0.1) is 0 Å². The van der Waals surface area contributed by atoms with Crippen molar-refractivity contribution in [1.29, 1.82) is 0 Å². The van der Waals surface area contributed by atoms with Crippen LogP contribution in [-0.2, 0) is 6.42 Å². The van der Waals surface area contributed by atoms with Gasteiger partial charge >= 0.3 is 0 Å². The molecule has 1 N–H and O–H groups in total. The molecule has 1 aromatic heterocycles. The molecule has 2 aromatic carbocycles. The minimum absolute atomic E-state index is 0.185. The second-order valence-electron chi connectivity index (χ2n) is 5.69. The molecule has 0 aliphatic carbocycles. The maximum atomic E-state index is 12.7. The summed E-state index contributed by atoms with van der Waals surface area (Å²) in [6.07, 6.45) is 2.27. The molecule has 0 spiro atoms. The lowest BCUT2D eigenvalue weighted by Crippen LogP contribution is -2.14. The lowest BCUT2D eigenvalue weighted by Gasteiger charge is -2.10. The van der Waals surface area contributed by atoms with Crippen LogP contribution in [-0.4, -0.2) is 15.7 Å². The van der Waals surface area contributed by atoms with Crippen molar-refractivity contribution in [3.63, 3.8) is 0 Å². The molecule has 0 saturated carbocycles. The number of nitrogens with one attached hydrogen (secondary N) is 1. The smallest absolute Gasteiger partial charge is 0.259 e. The molecule has 3 aromatic rings. The van der Waals surface area contributed by atoms with Crippen LogP contribution in [0, 0.1) is 6.92 Å². The monoisotopic (exact) mass is 417 g/mol. The van der Waals surface area contributed by atoms with Crippen molar-refractivity contribution in [1.82, 2.24) is 9.78 Å². The molecule has 0 fully saturated rings.